The first-order valence-corrected chi connectivity index (χ1v) is 6.41. The number of fused-ring (bicyclic) bond motifs is 1. The Balaban J connectivity index is 2.09. The van der Waals surface area contributed by atoms with Crippen molar-refractivity contribution in [2.75, 3.05) is 0 Å². The van der Waals surface area contributed by atoms with Crippen LogP contribution in [0.3, 0.4) is 0 Å². The molecule has 0 N–H and O–H groups in total. The van der Waals surface area contributed by atoms with E-state index < -0.39 is 5.82 Å². The van der Waals surface area contributed by atoms with Crippen LogP contribution in [0.25, 0.3) is 10.9 Å². The summed E-state index contributed by atoms with van der Waals surface area (Å²) in [5.41, 5.74) is 1.97. The van der Waals surface area contributed by atoms with Gasteiger partial charge >= 0.3 is 0 Å². The maximum atomic E-state index is 13.7. The number of hydrogen-bond donors (Lipinski definition) is 0. The van der Waals surface area contributed by atoms with E-state index in [1.807, 2.05) is 25.1 Å². The van der Waals surface area contributed by atoms with Crippen LogP contribution >= 0.6 is 0 Å². The van der Waals surface area contributed by atoms with E-state index >= 15 is 0 Å². The predicted molar refractivity (Wildman–Crippen MR) is 77.7 cm³/mol. The third-order valence-electron chi connectivity index (χ3n) is 3.11. The van der Waals surface area contributed by atoms with Gasteiger partial charge in [-0.1, -0.05) is 24.3 Å². The van der Waals surface area contributed by atoms with Crippen molar-refractivity contribution < 1.29 is 9.13 Å². The summed E-state index contributed by atoms with van der Waals surface area (Å²) < 4.78 is 19.2. The first-order valence-electron chi connectivity index (χ1n) is 6.41. The van der Waals surface area contributed by atoms with Gasteiger partial charge in [0.05, 0.1) is 11.1 Å². The lowest BCUT2D eigenvalue weighted by Crippen LogP contribution is -1.94. The molecule has 0 atom stereocenters. The zero-order chi connectivity index (χ0) is 14.8. The summed E-state index contributed by atoms with van der Waals surface area (Å²) in [4.78, 5) is 4.31. The van der Waals surface area contributed by atoms with Gasteiger partial charge in [-0.3, -0.25) is 0 Å². The molecule has 0 aliphatic rings. The lowest BCUT2D eigenvalue weighted by atomic mass is 10.1. The Bertz CT molecular complexity index is 868. The van der Waals surface area contributed by atoms with Crippen LogP contribution in [0.4, 0.5) is 4.39 Å². The zero-order valence-corrected chi connectivity index (χ0v) is 11.3. The fourth-order valence-electron chi connectivity index (χ4n) is 2.10. The van der Waals surface area contributed by atoms with E-state index in [2.05, 4.69) is 11.1 Å². The highest BCUT2D eigenvalue weighted by Crippen LogP contribution is 2.27. The number of rotatable bonds is 2. The Morgan fingerprint density at radius 2 is 1.95 bits per heavy atom. The van der Waals surface area contributed by atoms with Crippen molar-refractivity contribution >= 4 is 10.9 Å². The average molecular weight is 278 g/mol. The molecule has 0 saturated heterocycles. The van der Waals surface area contributed by atoms with Crippen LogP contribution in [0.15, 0.2) is 48.5 Å². The van der Waals surface area contributed by atoms with Gasteiger partial charge in [0.25, 0.3) is 0 Å². The summed E-state index contributed by atoms with van der Waals surface area (Å²) in [6.07, 6.45) is 0. The van der Waals surface area contributed by atoms with Gasteiger partial charge < -0.3 is 4.74 Å². The predicted octanol–water partition coefficient (Wildman–Crippen LogP) is 4.35. The SMILES string of the molecule is Cc1ccc(F)c(Oc2cc(C#N)c3ccccc3n2)c1. The van der Waals surface area contributed by atoms with E-state index in [1.54, 1.807) is 18.2 Å². The molecule has 0 aliphatic carbocycles. The van der Waals surface area contributed by atoms with Crippen molar-refractivity contribution in [1.82, 2.24) is 4.98 Å². The number of pyridine rings is 1. The Morgan fingerprint density at radius 3 is 2.76 bits per heavy atom. The maximum absolute atomic E-state index is 13.7. The minimum absolute atomic E-state index is 0.0988. The monoisotopic (exact) mass is 278 g/mol. The molecule has 0 unspecified atom stereocenters. The van der Waals surface area contributed by atoms with Gasteiger partial charge in [-0.05, 0) is 30.7 Å². The lowest BCUT2D eigenvalue weighted by molar-refractivity contribution is 0.428. The summed E-state index contributed by atoms with van der Waals surface area (Å²) in [6, 6.07) is 15.5. The van der Waals surface area contributed by atoms with Gasteiger partial charge in [-0.25, -0.2) is 9.37 Å². The zero-order valence-electron chi connectivity index (χ0n) is 11.3. The number of benzene rings is 2. The average Bonchev–Trinajstić information content (AvgIpc) is 2.50. The minimum atomic E-state index is -0.464. The molecular weight excluding hydrogens is 267 g/mol. The topological polar surface area (TPSA) is 45.9 Å². The molecule has 0 spiro atoms. The number of nitrogens with zero attached hydrogens (tertiary/aromatic N) is 2. The van der Waals surface area contributed by atoms with Crippen LogP contribution in [0, 0.1) is 24.1 Å². The van der Waals surface area contributed by atoms with Crippen LogP contribution in [0.1, 0.15) is 11.1 Å². The minimum Gasteiger partial charge on any atom is -0.436 e. The maximum Gasteiger partial charge on any atom is 0.221 e. The fourth-order valence-corrected chi connectivity index (χ4v) is 2.10. The van der Waals surface area contributed by atoms with E-state index in [0.717, 1.165) is 10.9 Å². The molecule has 2 aromatic carbocycles. The Kier molecular flexibility index (Phi) is 3.25. The second kappa shape index (κ2) is 5.22. The lowest BCUT2D eigenvalue weighted by Gasteiger charge is -2.08. The summed E-state index contributed by atoms with van der Waals surface area (Å²) in [7, 11) is 0. The number of aromatic nitrogens is 1. The van der Waals surface area contributed by atoms with Crippen molar-refractivity contribution in [3.05, 3.63) is 65.5 Å². The summed E-state index contributed by atoms with van der Waals surface area (Å²) in [6.45, 7) is 1.85. The highest BCUT2D eigenvalue weighted by Gasteiger charge is 2.09. The van der Waals surface area contributed by atoms with Crippen molar-refractivity contribution in [3.8, 4) is 17.7 Å². The van der Waals surface area contributed by atoms with E-state index in [0.29, 0.717) is 11.1 Å². The highest BCUT2D eigenvalue weighted by molar-refractivity contribution is 5.85. The summed E-state index contributed by atoms with van der Waals surface area (Å²) >= 11 is 0. The van der Waals surface area contributed by atoms with Crippen LogP contribution in [0.2, 0.25) is 0 Å². The quantitative estimate of drug-likeness (QED) is 0.700. The summed E-state index contributed by atoms with van der Waals surface area (Å²) in [5, 5.41) is 9.96. The van der Waals surface area contributed by atoms with Crippen molar-refractivity contribution in [1.29, 1.82) is 5.26 Å². The number of nitriles is 1. The molecule has 1 aromatic heterocycles. The molecule has 0 amide bonds. The standard InChI is InChI=1S/C17H11FN2O/c1-11-6-7-14(18)16(8-11)21-17-9-12(10-19)13-4-2-3-5-15(13)20-17/h2-9H,1H3. The first-order chi connectivity index (χ1) is 10.2. The van der Waals surface area contributed by atoms with Gasteiger partial charge in [-0.15, -0.1) is 0 Å². The third-order valence-corrected chi connectivity index (χ3v) is 3.11. The van der Waals surface area contributed by atoms with Crippen molar-refractivity contribution in [3.63, 3.8) is 0 Å². The molecular formula is C17H11FN2O. The number of hydrogen-bond acceptors (Lipinski definition) is 3. The van der Waals surface area contributed by atoms with Gasteiger partial charge in [-0.2, -0.15) is 5.26 Å². The molecule has 3 aromatic rings. The molecule has 0 saturated carbocycles. The number of aryl methyl sites for hydroxylation is 1. The Morgan fingerprint density at radius 1 is 1.14 bits per heavy atom. The van der Waals surface area contributed by atoms with Gasteiger partial charge in [0.2, 0.25) is 5.88 Å². The van der Waals surface area contributed by atoms with Crippen molar-refractivity contribution in [2.45, 2.75) is 6.92 Å². The van der Waals surface area contributed by atoms with Crippen LogP contribution in [0.5, 0.6) is 11.6 Å². The third kappa shape index (κ3) is 2.54. The second-order valence-electron chi connectivity index (χ2n) is 4.67. The molecule has 0 fully saturated rings. The smallest absolute Gasteiger partial charge is 0.221 e. The fraction of sp³-hybridized carbons (Fsp3) is 0.0588. The van der Waals surface area contributed by atoms with E-state index in [1.165, 1.54) is 12.1 Å². The number of para-hydroxylation sites is 1. The first kappa shape index (κ1) is 13.1. The van der Waals surface area contributed by atoms with Crippen LogP contribution < -0.4 is 4.74 Å². The van der Waals surface area contributed by atoms with Gasteiger partial charge in [0.1, 0.15) is 6.07 Å². The van der Waals surface area contributed by atoms with E-state index in [9.17, 15) is 9.65 Å². The Labute approximate surface area is 121 Å². The van der Waals surface area contributed by atoms with E-state index in [-0.39, 0.29) is 11.6 Å². The molecule has 3 rings (SSSR count). The van der Waals surface area contributed by atoms with E-state index in [4.69, 9.17) is 4.74 Å². The molecule has 4 heteroatoms. The molecule has 3 nitrogen and oxygen atoms in total. The molecule has 1 heterocycles. The second-order valence-corrected chi connectivity index (χ2v) is 4.67. The molecule has 0 bridgehead atoms. The highest BCUT2D eigenvalue weighted by atomic mass is 19.1. The Hall–Kier alpha value is -2.93. The van der Waals surface area contributed by atoms with Crippen molar-refractivity contribution in [2.24, 2.45) is 0 Å². The van der Waals surface area contributed by atoms with Crippen LogP contribution in [-0.2, 0) is 0 Å². The largest absolute Gasteiger partial charge is 0.436 e. The molecule has 0 aliphatic heterocycles. The van der Waals surface area contributed by atoms with Crippen LogP contribution in [-0.4, -0.2) is 4.98 Å². The van der Waals surface area contributed by atoms with Gasteiger partial charge in [0, 0.05) is 11.5 Å². The molecule has 102 valence electrons. The molecule has 21 heavy (non-hydrogen) atoms. The number of halogens is 1. The van der Waals surface area contributed by atoms with Gasteiger partial charge in [0.15, 0.2) is 11.6 Å². The summed E-state index contributed by atoms with van der Waals surface area (Å²) in [5.74, 6) is -0.162. The normalized spacial score (nSPS) is 10.3. The molecule has 0 radical (unpaired) electrons. The number of ether oxygens (including phenoxy) is 1.